The molecule has 0 amide bonds. The lowest BCUT2D eigenvalue weighted by Gasteiger charge is -2.43. The Balaban J connectivity index is 1.40. The van der Waals surface area contributed by atoms with Crippen LogP contribution >= 0.6 is 0 Å². The van der Waals surface area contributed by atoms with Crippen LogP contribution in [0.2, 0.25) is 0 Å². The van der Waals surface area contributed by atoms with Gasteiger partial charge in [0.1, 0.15) is 0 Å². The molecule has 170 valence electrons. The molecule has 2 fully saturated rings. The molecule has 3 N–H and O–H groups in total. The van der Waals surface area contributed by atoms with E-state index in [9.17, 15) is 0 Å². The minimum absolute atomic E-state index is 0.171. The number of ether oxygens (including phenoxy) is 1. The van der Waals surface area contributed by atoms with Gasteiger partial charge in [-0.25, -0.2) is 0 Å². The van der Waals surface area contributed by atoms with Crippen LogP contribution in [0.4, 0.5) is 0 Å². The van der Waals surface area contributed by atoms with Gasteiger partial charge in [-0.15, -0.1) is 0 Å². The monoisotopic (exact) mass is 425 g/mol. The summed E-state index contributed by atoms with van der Waals surface area (Å²) in [7, 11) is 0. The number of rotatable bonds is 8. The molecule has 0 radical (unpaired) electrons. The van der Waals surface area contributed by atoms with E-state index >= 15 is 0 Å². The summed E-state index contributed by atoms with van der Waals surface area (Å²) in [5.41, 5.74) is 4.21. The van der Waals surface area contributed by atoms with E-state index < -0.39 is 0 Å². The van der Waals surface area contributed by atoms with Crippen molar-refractivity contribution in [2.24, 2.45) is 4.99 Å². The molecule has 6 heteroatoms. The van der Waals surface area contributed by atoms with Crippen LogP contribution in [-0.2, 0) is 17.6 Å². The van der Waals surface area contributed by atoms with E-state index in [0.29, 0.717) is 0 Å². The number of nitrogens with one attached hydrogen (secondary N) is 3. The Bertz CT molecular complexity index is 862. The van der Waals surface area contributed by atoms with Crippen LogP contribution in [0.1, 0.15) is 50.7 Å². The third-order valence-corrected chi connectivity index (χ3v) is 7.03. The van der Waals surface area contributed by atoms with Crippen LogP contribution in [-0.4, -0.2) is 67.3 Å². The number of nitrogens with zero attached hydrogens (tertiary/aromatic N) is 2. The largest absolute Gasteiger partial charge is 0.381 e. The number of aliphatic imine (C=N–C) groups is 1. The summed E-state index contributed by atoms with van der Waals surface area (Å²) < 4.78 is 5.69. The number of H-pyrrole nitrogens is 1. The highest BCUT2D eigenvalue weighted by molar-refractivity contribution is 5.86. The number of aromatic nitrogens is 1. The van der Waals surface area contributed by atoms with Gasteiger partial charge in [0, 0.05) is 48.9 Å². The first-order chi connectivity index (χ1) is 15.3. The predicted molar refractivity (Wildman–Crippen MR) is 129 cm³/mol. The second-order valence-electron chi connectivity index (χ2n) is 8.91. The number of likely N-dealkylation sites (tertiary alicyclic amines) is 1. The Morgan fingerprint density at radius 2 is 1.94 bits per heavy atom. The minimum atomic E-state index is 0.171. The predicted octanol–water partition coefficient (Wildman–Crippen LogP) is 3.47. The number of hydrogen-bond acceptors (Lipinski definition) is 3. The average molecular weight is 426 g/mol. The highest BCUT2D eigenvalue weighted by Crippen LogP contribution is 2.31. The fraction of sp³-hybridized carbons (Fsp3) is 0.640. The minimum Gasteiger partial charge on any atom is -0.381 e. The molecule has 31 heavy (non-hydrogen) atoms. The van der Waals surface area contributed by atoms with Crippen LogP contribution in [0, 0.1) is 0 Å². The molecule has 0 saturated carbocycles. The highest BCUT2D eigenvalue weighted by atomic mass is 16.5. The van der Waals surface area contributed by atoms with Gasteiger partial charge in [0.15, 0.2) is 5.96 Å². The van der Waals surface area contributed by atoms with E-state index in [-0.39, 0.29) is 5.54 Å². The lowest BCUT2D eigenvalue weighted by atomic mass is 9.88. The molecule has 4 rings (SSSR count). The van der Waals surface area contributed by atoms with Crippen molar-refractivity contribution in [2.75, 3.05) is 45.9 Å². The zero-order chi connectivity index (χ0) is 21.5. The number of aryl methyl sites for hydroxylation is 1. The first kappa shape index (κ1) is 22.2. The Labute approximate surface area is 186 Å². The van der Waals surface area contributed by atoms with E-state index in [0.717, 1.165) is 64.5 Å². The van der Waals surface area contributed by atoms with Gasteiger partial charge >= 0.3 is 0 Å². The van der Waals surface area contributed by atoms with Crippen LogP contribution < -0.4 is 10.6 Å². The molecule has 3 heterocycles. The van der Waals surface area contributed by atoms with Crippen LogP contribution in [0.25, 0.3) is 10.9 Å². The first-order valence-electron chi connectivity index (χ1n) is 12.2. The van der Waals surface area contributed by atoms with Crippen molar-refractivity contribution in [3.63, 3.8) is 0 Å². The Morgan fingerprint density at radius 3 is 2.68 bits per heavy atom. The third kappa shape index (κ3) is 5.07. The number of guanidine groups is 1. The van der Waals surface area contributed by atoms with Crippen molar-refractivity contribution in [1.29, 1.82) is 0 Å². The Morgan fingerprint density at radius 1 is 1.13 bits per heavy atom. The van der Waals surface area contributed by atoms with Gasteiger partial charge in [-0.2, -0.15) is 0 Å². The van der Waals surface area contributed by atoms with Crippen molar-refractivity contribution in [2.45, 2.75) is 57.9 Å². The molecule has 2 saturated heterocycles. The fourth-order valence-electron chi connectivity index (χ4n) is 5.18. The Hall–Kier alpha value is -2.05. The van der Waals surface area contributed by atoms with E-state index in [2.05, 4.69) is 58.8 Å². The van der Waals surface area contributed by atoms with Crippen LogP contribution in [0.3, 0.4) is 0 Å². The van der Waals surface area contributed by atoms with Crippen LogP contribution in [0.15, 0.2) is 29.4 Å². The second-order valence-corrected chi connectivity index (χ2v) is 8.91. The normalized spacial score (nSPS) is 19.7. The lowest BCUT2D eigenvalue weighted by molar-refractivity contribution is -0.0139. The quantitative estimate of drug-likeness (QED) is 0.448. The van der Waals surface area contributed by atoms with E-state index in [1.165, 1.54) is 48.0 Å². The molecule has 0 bridgehead atoms. The molecule has 2 aliphatic heterocycles. The number of hydrogen-bond donors (Lipinski definition) is 3. The van der Waals surface area contributed by atoms with Crippen molar-refractivity contribution in [3.05, 3.63) is 35.5 Å². The molecule has 6 nitrogen and oxygen atoms in total. The lowest BCUT2D eigenvalue weighted by Crippen LogP contribution is -2.54. The van der Waals surface area contributed by atoms with Gasteiger partial charge in [-0.05, 0) is 69.7 Å². The number of para-hydroxylation sites is 1. The number of fused-ring (bicyclic) bond motifs is 1. The molecule has 1 aromatic heterocycles. The maximum Gasteiger partial charge on any atom is 0.191 e. The molecule has 0 aliphatic carbocycles. The van der Waals surface area contributed by atoms with E-state index in [1.807, 2.05) is 0 Å². The summed E-state index contributed by atoms with van der Waals surface area (Å²) in [6.07, 6.45) is 9.00. The number of aromatic amines is 1. The maximum absolute atomic E-state index is 5.69. The summed E-state index contributed by atoms with van der Waals surface area (Å²) >= 11 is 0. The Kier molecular flexibility index (Phi) is 7.51. The zero-order valence-corrected chi connectivity index (χ0v) is 19.3. The summed E-state index contributed by atoms with van der Waals surface area (Å²) in [4.78, 5) is 11.2. The molecular weight excluding hydrogens is 386 g/mol. The molecule has 1 aromatic carbocycles. The number of benzene rings is 1. The molecule has 0 spiro atoms. The van der Waals surface area contributed by atoms with Gasteiger partial charge in [-0.1, -0.05) is 25.1 Å². The highest BCUT2D eigenvalue weighted by Gasteiger charge is 2.39. The zero-order valence-electron chi connectivity index (χ0n) is 19.3. The maximum atomic E-state index is 5.69. The van der Waals surface area contributed by atoms with Gasteiger partial charge in [0.2, 0.25) is 0 Å². The SMILES string of the molecule is CCNC(=NCC1(N2CCCC2)CCOCC1)NCCc1c[nH]c2c(CC)cccc12. The topological polar surface area (TPSA) is 64.7 Å². The molecule has 0 unspecified atom stereocenters. The van der Waals surface area contributed by atoms with Gasteiger partial charge in [0.25, 0.3) is 0 Å². The average Bonchev–Trinajstić information content (AvgIpc) is 3.49. The van der Waals surface area contributed by atoms with E-state index in [4.69, 9.17) is 9.73 Å². The molecule has 0 atom stereocenters. The summed E-state index contributed by atoms with van der Waals surface area (Å²) in [5.74, 6) is 0.932. The van der Waals surface area contributed by atoms with Crippen molar-refractivity contribution >= 4 is 16.9 Å². The smallest absolute Gasteiger partial charge is 0.191 e. The fourth-order valence-corrected chi connectivity index (χ4v) is 5.18. The van der Waals surface area contributed by atoms with Gasteiger partial charge in [-0.3, -0.25) is 9.89 Å². The summed E-state index contributed by atoms with van der Waals surface area (Å²) in [6.45, 7) is 11.1. The molecular formula is C25H39N5O. The van der Waals surface area contributed by atoms with Gasteiger partial charge in [0.05, 0.1) is 6.54 Å². The summed E-state index contributed by atoms with van der Waals surface area (Å²) in [5, 5.41) is 8.37. The molecule has 2 aromatic rings. The third-order valence-electron chi connectivity index (χ3n) is 7.03. The van der Waals surface area contributed by atoms with Crippen molar-refractivity contribution < 1.29 is 4.74 Å². The first-order valence-corrected chi connectivity index (χ1v) is 12.2. The van der Waals surface area contributed by atoms with E-state index in [1.54, 1.807) is 0 Å². The second kappa shape index (κ2) is 10.5. The van der Waals surface area contributed by atoms with Crippen LogP contribution in [0.5, 0.6) is 0 Å². The summed E-state index contributed by atoms with van der Waals surface area (Å²) in [6, 6.07) is 6.61. The standard InChI is InChI=1S/C25H39N5O/c1-3-20-8-7-9-22-21(18-28-23(20)22)10-13-27-24(26-4-2)29-19-25(11-16-31-17-12-25)30-14-5-6-15-30/h7-9,18,28H,3-6,10-17,19H2,1-2H3,(H2,26,27,29). The molecule has 2 aliphatic rings. The van der Waals surface area contributed by atoms with Crippen molar-refractivity contribution in [3.8, 4) is 0 Å². The van der Waals surface area contributed by atoms with Gasteiger partial charge < -0.3 is 20.4 Å². The van der Waals surface area contributed by atoms with Crippen molar-refractivity contribution in [1.82, 2.24) is 20.5 Å².